The van der Waals surface area contributed by atoms with E-state index in [0.717, 1.165) is 32.1 Å². The Morgan fingerprint density at radius 2 is 1.75 bits per heavy atom. The minimum Gasteiger partial charge on any atom is -0.481 e. The summed E-state index contributed by atoms with van der Waals surface area (Å²) in [6.45, 7) is 6.93. The summed E-state index contributed by atoms with van der Waals surface area (Å²) < 4.78 is 0. The zero-order chi connectivity index (χ0) is 20.3. The molecule has 0 spiro atoms. The van der Waals surface area contributed by atoms with Crippen LogP contribution in [-0.4, -0.2) is 27.1 Å². The third-order valence-corrected chi connectivity index (χ3v) is 10.4. The summed E-state index contributed by atoms with van der Waals surface area (Å²) in [5.41, 5.74) is -0.0625. The highest BCUT2D eigenvalue weighted by molar-refractivity contribution is 5.66. The Morgan fingerprint density at radius 3 is 2.46 bits per heavy atom. The van der Waals surface area contributed by atoms with Crippen LogP contribution < -0.4 is 0 Å². The highest BCUT2D eigenvalue weighted by Crippen LogP contribution is 2.69. The zero-order valence-corrected chi connectivity index (χ0v) is 18.0. The first-order valence-electron chi connectivity index (χ1n) is 11.8. The molecule has 4 saturated carbocycles. The zero-order valence-electron chi connectivity index (χ0n) is 18.0. The number of fused-ring (bicyclic) bond motifs is 5. The molecule has 28 heavy (non-hydrogen) atoms. The van der Waals surface area contributed by atoms with Crippen LogP contribution in [0.2, 0.25) is 0 Å². The Kier molecular flexibility index (Phi) is 5.14. The van der Waals surface area contributed by atoms with Crippen molar-refractivity contribution in [3.63, 3.8) is 0 Å². The van der Waals surface area contributed by atoms with Crippen LogP contribution in [0.5, 0.6) is 0 Å². The maximum atomic E-state index is 11.1. The van der Waals surface area contributed by atoms with Crippen molar-refractivity contribution >= 4 is 5.97 Å². The lowest BCUT2D eigenvalue weighted by Crippen LogP contribution is -2.63. The van der Waals surface area contributed by atoms with Crippen molar-refractivity contribution in [2.75, 3.05) is 0 Å². The van der Waals surface area contributed by atoms with Crippen molar-refractivity contribution in [1.82, 2.24) is 0 Å². The number of hydrogen-bond acceptors (Lipinski definition) is 3. The molecule has 3 N–H and O–H groups in total. The Balaban J connectivity index is 1.57. The average Bonchev–Trinajstić information content (AvgIpc) is 2.98. The number of carboxylic acids is 1. The van der Waals surface area contributed by atoms with E-state index in [9.17, 15) is 15.0 Å². The summed E-state index contributed by atoms with van der Waals surface area (Å²) in [4.78, 5) is 11.1. The quantitative estimate of drug-likeness (QED) is 0.599. The highest BCUT2D eigenvalue weighted by Gasteiger charge is 2.65. The number of aliphatic carboxylic acids is 1. The molecular weight excluding hydrogens is 352 g/mol. The minimum absolute atomic E-state index is 0.280. The maximum absolute atomic E-state index is 11.1. The van der Waals surface area contributed by atoms with Gasteiger partial charge in [0.25, 0.3) is 0 Å². The van der Waals surface area contributed by atoms with Crippen molar-refractivity contribution < 1.29 is 20.1 Å². The summed E-state index contributed by atoms with van der Waals surface area (Å²) in [5, 5.41) is 31.2. The van der Waals surface area contributed by atoms with E-state index in [1.807, 2.05) is 0 Å². The van der Waals surface area contributed by atoms with Gasteiger partial charge in [0.15, 0.2) is 5.79 Å². The Labute approximate surface area is 170 Å². The first-order valence-corrected chi connectivity index (χ1v) is 11.8. The van der Waals surface area contributed by atoms with Crippen LogP contribution in [0.3, 0.4) is 0 Å². The average molecular weight is 393 g/mol. The van der Waals surface area contributed by atoms with E-state index >= 15 is 0 Å². The number of carbonyl (C=O) groups is 1. The number of rotatable bonds is 4. The van der Waals surface area contributed by atoms with Gasteiger partial charge in [0, 0.05) is 18.3 Å². The Hall–Kier alpha value is -0.610. The highest BCUT2D eigenvalue weighted by atomic mass is 16.5. The van der Waals surface area contributed by atoms with E-state index in [1.165, 1.54) is 25.7 Å². The molecule has 0 radical (unpaired) electrons. The van der Waals surface area contributed by atoms with Gasteiger partial charge in [-0.25, -0.2) is 0 Å². The fourth-order valence-electron chi connectivity index (χ4n) is 8.89. The van der Waals surface area contributed by atoms with Crippen LogP contribution in [0.25, 0.3) is 0 Å². The monoisotopic (exact) mass is 392 g/mol. The van der Waals surface area contributed by atoms with Gasteiger partial charge >= 0.3 is 5.97 Å². The molecule has 8 atom stereocenters. The van der Waals surface area contributed by atoms with E-state index in [-0.39, 0.29) is 11.8 Å². The van der Waals surface area contributed by atoms with Crippen LogP contribution in [-0.2, 0) is 4.79 Å². The first kappa shape index (κ1) is 20.7. The largest absolute Gasteiger partial charge is 0.481 e. The molecule has 160 valence electrons. The van der Waals surface area contributed by atoms with E-state index in [4.69, 9.17) is 5.11 Å². The molecule has 0 aromatic carbocycles. The maximum Gasteiger partial charge on any atom is 0.303 e. The fourth-order valence-corrected chi connectivity index (χ4v) is 8.89. The van der Waals surface area contributed by atoms with Gasteiger partial charge in [0.1, 0.15) is 0 Å². The number of carboxylic acid groups (broad SMARTS) is 1. The molecule has 0 bridgehead atoms. The Morgan fingerprint density at radius 1 is 1.00 bits per heavy atom. The molecule has 0 unspecified atom stereocenters. The van der Waals surface area contributed by atoms with Gasteiger partial charge < -0.3 is 15.3 Å². The minimum atomic E-state index is -1.51. The van der Waals surface area contributed by atoms with Gasteiger partial charge in [-0.15, -0.1) is 0 Å². The van der Waals surface area contributed by atoms with Crippen LogP contribution in [0.1, 0.15) is 91.4 Å². The van der Waals surface area contributed by atoms with Crippen molar-refractivity contribution in [1.29, 1.82) is 0 Å². The molecule has 0 heterocycles. The third kappa shape index (κ3) is 2.88. The molecule has 0 aromatic rings. The van der Waals surface area contributed by atoms with Gasteiger partial charge in [-0.3, -0.25) is 4.79 Å². The van der Waals surface area contributed by atoms with Crippen LogP contribution >= 0.6 is 0 Å². The molecule has 4 heteroatoms. The predicted molar refractivity (Wildman–Crippen MR) is 108 cm³/mol. The van der Waals surface area contributed by atoms with Gasteiger partial charge in [-0.05, 0) is 98.7 Å². The van der Waals surface area contributed by atoms with Gasteiger partial charge in [0.2, 0.25) is 0 Å². The normalized spacial score (nSPS) is 48.2. The summed E-state index contributed by atoms with van der Waals surface area (Å²) in [5.74, 6) is 1.02. The van der Waals surface area contributed by atoms with Crippen molar-refractivity contribution in [3.8, 4) is 0 Å². The lowest BCUT2D eigenvalue weighted by atomic mass is 9.43. The van der Waals surface area contributed by atoms with Gasteiger partial charge in [0.05, 0.1) is 0 Å². The third-order valence-electron chi connectivity index (χ3n) is 10.4. The molecule has 4 aliphatic rings. The van der Waals surface area contributed by atoms with Crippen LogP contribution in [0, 0.1) is 46.3 Å². The second-order valence-corrected chi connectivity index (χ2v) is 11.3. The van der Waals surface area contributed by atoms with Gasteiger partial charge in [-0.2, -0.15) is 0 Å². The number of hydrogen-bond donors (Lipinski definition) is 3. The molecule has 0 saturated heterocycles. The standard InChI is InChI=1S/C24H40O4/c1-15(6-11-21(25)26)18-9-10-19-17-8-7-16-5-4-13-24(27,28)23(16,3)20(17)12-14-22(18,19)2/h15-20,27-28H,4-14H2,1-3H3,(H,25,26)/t15-,16-,17+,18-,19+,20+,22-,23+/m1/s1. The van der Waals surface area contributed by atoms with E-state index < -0.39 is 11.8 Å². The summed E-state index contributed by atoms with van der Waals surface area (Å²) in [7, 11) is 0. The Bertz CT molecular complexity index is 616. The molecule has 4 rings (SSSR count). The molecule has 4 fully saturated rings. The van der Waals surface area contributed by atoms with Gasteiger partial charge in [-0.1, -0.05) is 20.8 Å². The van der Waals surface area contributed by atoms with Crippen LogP contribution in [0.4, 0.5) is 0 Å². The molecular formula is C24H40O4. The van der Waals surface area contributed by atoms with E-state index in [1.54, 1.807) is 0 Å². The lowest BCUT2D eigenvalue weighted by molar-refractivity contribution is -0.313. The first-order chi connectivity index (χ1) is 13.1. The van der Waals surface area contributed by atoms with Crippen molar-refractivity contribution in [2.24, 2.45) is 46.3 Å². The molecule has 0 aromatic heterocycles. The fraction of sp³-hybridized carbons (Fsp3) is 0.958. The molecule has 4 nitrogen and oxygen atoms in total. The van der Waals surface area contributed by atoms with E-state index in [2.05, 4.69) is 20.8 Å². The second kappa shape index (κ2) is 6.97. The summed E-state index contributed by atoms with van der Waals surface area (Å²) >= 11 is 0. The van der Waals surface area contributed by atoms with Crippen molar-refractivity contribution in [2.45, 2.75) is 97.2 Å². The predicted octanol–water partition coefficient (Wildman–Crippen LogP) is 4.83. The van der Waals surface area contributed by atoms with Crippen molar-refractivity contribution in [3.05, 3.63) is 0 Å². The molecule has 4 aliphatic carbocycles. The summed E-state index contributed by atoms with van der Waals surface area (Å²) in [6, 6.07) is 0. The molecule has 0 amide bonds. The summed E-state index contributed by atoms with van der Waals surface area (Å²) in [6.07, 6.45) is 10.8. The van der Waals surface area contributed by atoms with E-state index in [0.29, 0.717) is 47.3 Å². The lowest BCUT2D eigenvalue weighted by Gasteiger charge is -2.63. The number of aliphatic hydroxyl groups is 2. The molecule has 0 aliphatic heterocycles. The topological polar surface area (TPSA) is 77.8 Å². The second-order valence-electron chi connectivity index (χ2n) is 11.3. The smallest absolute Gasteiger partial charge is 0.303 e. The SMILES string of the molecule is C[C@H](CCC(=O)O)[C@H]1CC[C@H]2[C@@H]3CC[C@H]4CCCC(O)(O)[C@]4(C)[C@H]3CC[C@]12C. The van der Waals surface area contributed by atoms with Crippen LogP contribution in [0.15, 0.2) is 0 Å².